The predicted molar refractivity (Wildman–Crippen MR) is 325 cm³/mol. The van der Waals surface area contributed by atoms with Gasteiger partial charge in [-0.1, -0.05) is 347 Å². The molecule has 0 bridgehead atoms. The van der Waals surface area contributed by atoms with Crippen LogP contribution >= 0.6 is 0 Å². The van der Waals surface area contributed by atoms with Crippen molar-refractivity contribution in [2.45, 2.75) is 362 Å². The van der Waals surface area contributed by atoms with Gasteiger partial charge in [-0.3, -0.25) is 8.37 Å². The fraction of sp³-hybridized carbons (Fsp3) is 0.938. The number of rotatable bonds is 60. The molecule has 0 saturated carbocycles. The molecule has 0 radical (unpaired) electrons. The molecular formula is C64H126CaO8S2. The smallest absolute Gasteiger partial charge is 0.726 e. The van der Waals surface area contributed by atoms with Crippen molar-refractivity contribution in [2.24, 2.45) is 11.8 Å². The molecule has 2 unspecified atom stereocenters. The summed E-state index contributed by atoms with van der Waals surface area (Å²) in [7, 11) is -9.23. The van der Waals surface area contributed by atoms with Crippen LogP contribution in [0.15, 0.2) is 24.3 Å². The Hall–Kier alpha value is 0.480. The van der Waals surface area contributed by atoms with E-state index in [1.807, 2.05) is 0 Å². The molecule has 2 atom stereocenters. The first-order valence-corrected chi connectivity index (χ1v) is 35.2. The summed E-state index contributed by atoms with van der Waals surface area (Å²) in [5.41, 5.74) is 0. The van der Waals surface area contributed by atoms with Crippen LogP contribution in [0.5, 0.6) is 0 Å². The van der Waals surface area contributed by atoms with Crippen LogP contribution in [-0.4, -0.2) is 76.9 Å². The molecule has 0 aliphatic carbocycles. The maximum Gasteiger partial charge on any atom is 2.00 e. The Balaban J connectivity index is -0.00000136. The Labute approximate surface area is 499 Å². The summed E-state index contributed by atoms with van der Waals surface area (Å²) in [5.74, 6) is 0.0355. The van der Waals surface area contributed by atoms with Crippen LogP contribution in [0.25, 0.3) is 0 Å². The van der Waals surface area contributed by atoms with Crippen molar-refractivity contribution in [1.29, 1.82) is 0 Å². The minimum atomic E-state index is -4.62. The summed E-state index contributed by atoms with van der Waals surface area (Å²) in [5, 5.41) is 0. The molecule has 0 spiro atoms. The normalized spacial score (nSPS) is 12.9. The Kier molecular flexibility index (Phi) is 69.4. The third-order valence-corrected chi connectivity index (χ3v) is 15.8. The standard InChI is InChI=1S/2C32H64O4S.Ca/c2*1-3-5-7-9-11-13-15-17-18-20-22-24-26-28-30-32(31-36-37(33,34)35)29-27-25-23-21-19-16-14-12-10-8-6-4-2;/h2*28,30,32H,3-27,29,31H2,1-2H3,(H,33,34,35);/q;;+2/p-2/b2*30-28+;. The average molecular weight is 1130 g/mol. The second kappa shape index (κ2) is 65.3. The third-order valence-electron chi connectivity index (χ3n) is 15.0. The number of unbranched alkanes of at least 4 members (excludes halogenated alkanes) is 46. The number of hydrogen-bond donors (Lipinski definition) is 0. The van der Waals surface area contributed by atoms with E-state index in [-0.39, 0.29) is 62.8 Å². The Morgan fingerprint density at radius 3 is 0.653 bits per heavy atom. The summed E-state index contributed by atoms with van der Waals surface area (Å²) in [6, 6.07) is 0. The van der Waals surface area contributed by atoms with Crippen LogP contribution in [0.2, 0.25) is 0 Å². The van der Waals surface area contributed by atoms with Gasteiger partial charge in [0.25, 0.3) is 0 Å². The maximum absolute atomic E-state index is 10.9. The molecule has 0 fully saturated rings. The second-order valence-corrected chi connectivity index (χ2v) is 24.6. The van der Waals surface area contributed by atoms with Gasteiger partial charge in [-0.05, 0) is 38.5 Å². The van der Waals surface area contributed by atoms with Crippen molar-refractivity contribution in [3.63, 3.8) is 0 Å². The minimum Gasteiger partial charge on any atom is -0.726 e. The van der Waals surface area contributed by atoms with Crippen LogP contribution in [0.1, 0.15) is 362 Å². The van der Waals surface area contributed by atoms with Gasteiger partial charge in [-0.15, -0.1) is 0 Å². The molecule has 11 heteroatoms. The van der Waals surface area contributed by atoms with Gasteiger partial charge in [0.05, 0.1) is 13.2 Å². The molecule has 0 aromatic rings. The molecule has 0 aliphatic heterocycles. The van der Waals surface area contributed by atoms with E-state index in [0.29, 0.717) is 0 Å². The molecule has 0 saturated heterocycles. The molecule has 0 heterocycles. The SMILES string of the molecule is CCCCCCCCCCCCCC/C=C/C(CCCCCCCCCCCCCC)COS(=O)(=O)[O-].CCCCCCCCCCCCCC/C=C/C(CCCCCCCCCCCCCC)COS(=O)(=O)[O-].[Ca+2]. The summed E-state index contributed by atoms with van der Waals surface area (Å²) in [4.78, 5) is 0. The predicted octanol–water partition coefficient (Wildman–Crippen LogP) is 21.3. The van der Waals surface area contributed by atoms with Crippen molar-refractivity contribution >= 4 is 58.5 Å². The zero-order valence-corrected chi connectivity index (χ0v) is 54.3. The first-order chi connectivity index (χ1) is 36.0. The van der Waals surface area contributed by atoms with Gasteiger partial charge in [-0.25, -0.2) is 16.8 Å². The van der Waals surface area contributed by atoms with Gasteiger partial charge in [0.15, 0.2) is 0 Å². The van der Waals surface area contributed by atoms with E-state index in [1.165, 1.54) is 295 Å². The van der Waals surface area contributed by atoms with E-state index >= 15 is 0 Å². The maximum atomic E-state index is 10.9. The second-order valence-electron chi connectivity index (χ2n) is 22.5. The largest absolute Gasteiger partial charge is 2.00 e. The zero-order valence-electron chi connectivity index (χ0n) is 50.4. The van der Waals surface area contributed by atoms with Crippen molar-refractivity contribution in [1.82, 2.24) is 0 Å². The van der Waals surface area contributed by atoms with Gasteiger partial charge in [0.1, 0.15) is 0 Å². The quantitative estimate of drug-likeness (QED) is 0.0193. The van der Waals surface area contributed by atoms with Crippen LogP contribution in [-0.2, 0) is 29.2 Å². The topological polar surface area (TPSA) is 133 Å². The van der Waals surface area contributed by atoms with E-state index in [1.54, 1.807) is 0 Å². The fourth-order valence-corrected chi connectivity index (χ4v) is 10.8. The average Bonchev–Trinajstić information content (AvgIpc) is 3.37. The number of allylic oxidation sites excluding steroid dienone is 2. The van der Waals surface area contributed by atoms with Crippen LogP contribution in [0.3, 0.4) is 0 Å². The van der Waals surface area contributed by atoms with E-state index in [0.717, 1.165) is 38.5 Å². The Morgan fingerprint density at radius 1 is 0.293 bits per heavy atom. The molecule has 0 rings (SSSR count). The first kappa shape index (κ1) is 79.7. The van der Waals surface area contributed by atoms with E-state index in [9.17, 15) is 25.9 Å². The molecule has 0 amide bonds. The van der Waals surface area contributed by atoms with Crippen LogP contribution < -0.4 is 0 Å². The summed E-state index contributed by atoms with van der Waals surface area (Å²) in [6.45, 7) is 9.03. The van der Waals surface area contributed by atoms with Gasteiger partial charge < -0.3 is 9.11 Å². The summed E-state index contributed by atoms with van der Waals surface area (Å²) in [6.07, 6.45) is 76.0. The van der Waals surface area contributed by atoms with E-state index in [4.69, 9.17) is 0 Å². The van der Waals surface area contributed by atoms with Gasteiger partial charge in [0, 0.05) is 11.8 Å². The fourth-order valence-electron chi connectivity index (χ4n) is 10.1. The van der Waals surface area contributed by atoms with Gasteiger partial charge in [0.2, 0.25) is 20.8 Å². The van der Waals surface area contributed by atoms with Crippen molar-refractivity contribution in [3.05, 3.63) is 24.3 Å². The van der Waals surface area contributed by atoms with Crippen molar-refractivity contribution < 1.29 is 34.3 Å². The van der Waals surface area contributed by atoms with Crippen LogP contribution in [0.4, 0.5) is 0 Å². The van der Waals surface area contributed by atoms with Gasteiger partial charge in [-0.2, -0.15) is 0 Å². The Morgan fingerprint density at radius 2 is 0.467 bits per heavy atom. The molecule has 444 valence electrons. The van der Waals surface area contributed by atoms with Gasteiger partial charge >= 0.3 is 37.7 Å². The molecule has 0 aromatic heterocycles. The zero-order chi connectivity index (χ0) is 54.6. The molecule has 0 aromatic carbocycles. The summed E-state index contributed by atoms with van der Waals surface area (Å²) < 4.78 is 74.6. The van der Waals surface area contributed by atoms with Crippen molar-refractivity contribution in [2.75, 3.05) is 13.2 Å². The molecule has 8 nitrogen and oxygen atoms in total. The Bertz CT molecular complexity index is 1260. The van der Waals surface area contributed by atoms with Crippen molar-refractivity contribution in [3.8, 4) is 0 Å². The molecule has 0 N–H and O–H groups in total. The van der Waals surface area contributed by atoms with E-state index < -0.39 is 20.8 Å². The first-order valence-electron chi connectivity index (χ1n) is 32.5. The summed E-state index contributed by atoms with van der Waals surface area (Å²) >= 11 is 0. The number of hydrogen-bond acceptors (Lipinski definition) is 8. The van der Waals surface area contributed by atoms with Crippen LogP contribution in [0, 0.1) is 11.8 Å². The third kappa shape index (κ3) is 74.5. The monoisotopic (exact) mass is 1130 g/mol. The van der Waals surface area contributed by atoms with E-state index in [2.05, 4.69) is 60.4 Å². The molecule has 75 heavy (non-hydrogen) atoms. The molecular weight excluding hydrogens is 1000 g/mol. The minimum absolute atomic E-state index is 0. The molecule has 0 aliphatic rings.